The molecule has 0 radical (unpaired) electrons. The number of hydrogen-bond acceptors (Lipinski definition) is 2. The van der Waals surface area contributed by atoms with Crippen LogP contribution < -0.4 is 0 Å². The topological polar surface area (TPSA) is 25.8 Å². The third-order valence-corrected chi connectivity index (χ3v) is 3.29. The highest BCUT2D eigenvalue weighted by molar-refractivity contribution is 6.31. The molecule has 1 heterocycles. The van der Waals surface area contributed by atoms with Crippen molar-refractivity contribution in [2.45, 2.75) is 31.6 Å². The van der Waals surface area contributed by atoms with Gasteiger partial charge in [0.1, 0.15) is 0 Å². The van der Waals surface area contributed by atoms with Gasteiger partial charge in [-0.1, -0.05) is 23.2 Å². The van der Waals surface area contributed by atoms with E-state index < -0.39 is 5.92 Å². The second-order valence-electron chi connectivity index (χ2n) is 4.15. The van der Waals surface area contributed by atoms with E-state index in [0.29, 0.717) is 18.0 Å². The predicted octanol–water partition coefficient (Wildman–Crippen LogP) is 3.76. The van der Waals surface area contributed by atoms with Crippen LogP contribution in [0.5, 0.6) is 0 Å². The van der Waals surface area contributed by atoms with Crippen LogP contribution >= 0.6 is 23.2 Å². The molecule has 0 saturated heterocycles. The van der Waals surface area contributed by atoms with Gasteiger partial charge < -0.3 is 0 Å². The van der Waals surface area contributed by atoms with Crippen LogP contribution in [0.25, 0.3) is 0 Å². The Hall–Kier alpha value is -0.480. The van der Waals surface area contributed by atoms with Gasteiger partial charge in [0.2, 0.25) is 5.92 Å². The zero-order valence-corrected chi connectivity index (χ0v) is 9.90. The molecule has 1 saturated carbocycles. The second-order valence-corrected chi connectivity index (χ2v) is 4.90. The zero-order chi connectivity index (χ0) is 11.8. The van der Waals surface area contributed by atoms with E-state index in [1.54, 1.807) is 6.07 Å². The van der Waals surface area contributed by atoms with Crippen LogP contribution in [0, 0.1) is 5.92 Å². The fourth-order valence-electron chi connectivity index (χ4n) is 1.91. The van der Waals surface area contributed by atoms with Crippen LogP contribution in [0.4, 0.5) is 8.78 Å². The number of alkyl halides is 2. The summed E-state index contributed by atoms with van der Waals surface area (Å²) in [5.41, 5.74) is 0.775. The summed E-state index contributed by atoms with van der Waals surface area (Å²) in [4.78, 5) is 0. The highest BCUT2D eigenvalue weighted by Gasteiger charge is 2.44. The molecule has 0 unspecified atom stereocenters. The monoisotopic (exact) mass is 266 g/mol. The lowest BCUT2D eigenvalue weighted by atomic mass is 9.78. The molecule has 1 aliphatic carbocycles. The van der Waals surface area contributed by atoms with Gasteiger partial charge in [-0.2, -0.15) is 0 Å². The quantitative estimate of drug-likeness (QED) is 0.833. The van der Waals surface area contributed by atoms with Crippen molar-refractivity contribution in [1.29, 1.82) is 0 Å². The van der Waals surface area contributed by atoms with Crippen LogP contribution in [-0.2, 0) is 6.42 Å². The van der Waals surface area contributed by atoms with Crippen LogP contribution in [0.3, 0.4) is 0 Å². The van der Waals surface area contributed by atoms with Crippen LogP contribution in [0.15, 0.2) is 6.07 Å². The molecule has 0 bridgehead atoms. The highest BCUT2D eigenvalue weighted by Crippen LogP contribution is 2.44. The van der Waals surface area contributed by atoms with Gasteiger partial charge in [0.15, 0.2) is 10.3 Å². The minimum absolute atomic E-state index is 0.0170. The second kappa shape index (κ2) is 4.41. The predicted molar refractivity (Wildman–Crippen MR) is 58.0 cm³/mol. The molecular weight excluding hydrogens is 257 g/mol. The van der Waals surface area contributed by atoms with Crippen LogP contribution in [0.1, 0.15) is 24.8 Å². The molecule has 1 fully saturated rings. The van der Waals surface area contributed by atoms with E-state index in [0.717, 1.165) is 5.56 Å². The lowest BCUT2D eigenvalue weighted by Crippen LogP contribution is -2.35. The normalized spacial score (nSPS) is 19.5. The summed E-state index contributed by atoms with van der Waals surface area (Å²) in [6, 6.07) is 1.63. The summed E-state index contributed by atoms with van der Waals surface area (Å²) >= 11 is 11.5. The molecule has 2 rings (SSSR count). The van der Waals surface area contributed by atoms with E-state index in [1.165, 1.54) is 0 Å². The Balaban J connectivity index is 1.88. The standard InChI is InChI=1S/C10H10Cl2F2N2/c11-8-3-7(9(12)16-15-8)2-1-6-4-10(13,14)5-6/h3,6H,1-2,4-5H2. The smallest absolute Gasteiger partial charge is 0.207 e. The number of rotatable bonds is 3. The Morgan fingerprint density at radius 1 is 1.31 bits per heavy atom. The third-order valence-electron chi connectivity index (χ3n) is 2.79. The first kappa shape index (κ1) is 12.0. The highest BCUT2D eigenvalue weighted by atomic mass is 35.5. The van der Waals surface area contributed by atoms with Crippen molar-refractivity contribution in [2.24, 2.45) is 5.92 Å². The molecule has 16 heavy (non-hydrogen) atoms. The van der Waals surface area contributed by atoms with E-state index in [-0.39, 0.29) is 23.9 Å². The number of aryl methyl sites for hydroxylation is 1. The molecule has 1 aromatic heterocycles. The number of hydrogen-bond donors (Lipinski definition) is 0. The van der Waals surface area contributed by atoms with Gasteiger partial charge >= 0.3 is 0 Å². The van der Waals surface area contributed by atoms with Crippen LogP contribution in [0.2, 0.25) is 10.3 Å². The average Bonchev–Trinajstić information content (AvgIpc) is 2.16. The van der Waals surface area contributed by atoms with Gasteiger partial charge in [0.05, 0.1) is 0 Å². The summed E-state index contributed by atoms with van der Waals surface area (Å²) in [5.74, 6) is -2.37. The van der Waals surface area contributed by atoms with Gasteiger partial charge in [-0.05, 0) is 30.4 Å². The molecule has 0 aliphatic heterocycles. The SMILES string of the molecule is FC1(F)CC(CCc2cc(Cl)nnc2Cl)C1. The first-order chi connectivity index (χ1) is 7.46. The van der Waals surface area contributed by atoms with Crippen molar-refractivity contribution in [1.82, 2.24) is 10.2 Å². The van der Waals surface area contributed by atoms with Crippen LogP contribution in [-0.4, -0.2) is 16.1 Å². The first-order valence-electron chi connectivity index (χ1n) is 5.02. The summed E-state index contributed by atoms with van der Waals surface area (Å²) in [5, 5.41) is 7.83. The maximum atomic E-state index is 12.6. The molecular formula is C10H10Cl2F2N2. The Morgan fingerprint density at radius 3 is 2.62 bits per heavy atom. The molecule has 0 N–H and O–H groups in total. The molecule has 0 atom stereocenters. The molecule has 6 heteroatoms. The van der Waals surface area contributed by atoms with Gasteiger partial charge in [-0.15, -0.1) is 10.2 Å². The molecule has 88 valence electrons. The fourth-order valence-corrected chi connectivity index (χ4v) is 2.27. The largest absolute Gasteiger partial charge is 0.248 e. The lowest BCUT2D eigenvalue weighted by Gasteiger charge is -2.34. The number of nitrogens with zero attached hydrogens (tertiary/aromatic N) is 2. The molecule has 1 aliphatic rings. The van der Waals surface area contributed by atoms with E-state index in [1.807, 2.05) is 0 Å². The molecule has 0 amide bonds. The van der Waals surface area contributed by atoms with Gasteiger partial charge in [0.25, 0.3) is 0 Å². The minimum atomic E-state index is -2.46. The fraction of sp³-hybridized carbons (Fsp3) is 0.600. The Bertz CT molecular complexity index is 390. The van der Waals surface area contributed by atoms with E-state index >= 15 is 0 Å². The maximum absolute atomic E-state index is 12.6. The molecule has 2 nitrogen and oxygen atoms in total. The lowest BCUT2D eigenvalue weighted by molar-refractivity contribution is -0.111. The summed E-state index contributed by atoms with van der Waals surface area (Å²) < 4.78 is 25.2. The van der Waals surface area contributed by atoms with E-state index in [4.69, 9.17) is 23.2 Å². The van der Waals surface area contributed by atoms with Gasteiger partial charge in [-0.25, -0.2) is 8.78 Å². The maximum Gasteiger partial charge on any atom is 0.248 e. The summed E-state index contributed by atoms with van der Waals surface area (Å²) in [7, 11) is 0. The Labute approximate surface area is 102 Å². The Morgan fingerprint density at radius 2 is 2.00 bits per heavy atom. The van der Waals surface area contributed by atoms with Crippen molar-refractivity contribution in [3.8, 4) is 0 Å². The Kier molecular flexibility index (Phi) is 3.31. The van der Waals surface area contributed by atoms with Crippen molar-refractivity contribution < 1.29 is 8.78 Å². The first-order valence-corrected chi connectivity index (χ1v) is 5.77. The minimum Gasteiger partial charge on any atom is -0.207 e. The summed E-state index contributed by atoms with van der Waals surface area (Å²) in [6.45, 7) is 0. The van der Waals surface area contributed by atoms with Gasteiger partial charge in [0, 0.05) is 12.8 Å². The van der Waals surface area contributed by atoms with Crippen molar-refractivity contribution in [3.05, 3.63) is 21.9 Å². The molecule has 0 spiro atoms. The number of aromatic nitrogens is 2. The van der Waals surface area contributed by atoms with E-state index in [9.17, 15) is 8.78 Å². The summed E-state index contributed by atoms with van der Waals surface area (Å²) in [6.07, 6.45) is 1.28. The number of halogens is 4. The van der Waals surface area contributed by atoms with E-state index in [2.05, 4.69) is 10.2 Å². The van der Waals surface area contributed by atoms with Gasteiger partial charge in [-0.3, -0.25) is 0 Å². The zero-order valence-electron chi connectivity index (χ0n) is 8.39. The molecule has 0 aromatic carbocycles. The molecule has 1 aromatic rings. The third kappa shape index (κ3) is 2.80. The van der Waals surface area contributed by atoms with Crippen molar-refractivity contribution in [2.75, 3.05) is 0 Å². The van der Waals surface area contributed by atoms with Crippen molar-refractivity contribution in [3.63, 3.8) is 0 Å². The van der Waals surface area contributed by atoms with Crippen molar-refractivity contribution >= 4 is 23.2 Å². The average molecular weight is 267 g/mol.